The first-order valence-electron chi connectivity index (χ1n) is 3.71. The van der Waals surface area contributed by atoms with Crippen molar-refractivity contribution in [2.24, 2.45) is 0 Å². The maximum Gasteiger partial charge on any atom is 0.447 e. The van der Waals surface area contributed by atoms with E-state index in [-0.39, 0.29) is 0 Å². The summed E-state index contributed by atoms with van der Waals surface area (Å²) in [6, 6.07) is 1.16. The number of hydrogen-bond acceptors (Lipinski definition) is 2. The minimum absolute atomic E-state index is 0.764. The molecule has 0 radical (unpaired) electrons. The van der Waals surface area contributed by atoms with E-state index in [1.807, 2.05) is 0 Å². The largest absolute Gasteiger partial charge is 0.447 e. The minimum Gasteiger partial charge on any atom is -0.238 e. The Bertz CT molecular complexity index is 337. The predicted octanol–water partition coefficient (Wildman–Crippen LogP) is 3.26. The molecule has 0 aromatic carbocycles. The van der Waals surface area contributed by atoms with Gasteiger partial charge in [0.2, 0.25) is 0 Å². The third-order valence-electron chi connectivity index (χ3n) is 1.62. The molecule has 0 aromatic heterocycles. The van der Waals surface area contributed by atoms with Gasteiger partial charge in [-0.15, -0.1) is 0 Å². The highest BCUT2D eigenvalue weighted by molar-refractivity contribution is 8.04. The van der Waals surface area contributed by atoms with Crippen LogP contribution in [0.2, 0.25) is 0 Å². The van der Waals surface area contributed by atoms with E-state index in [0.717, 1.165) is 18.2 Å². The van der Waals surface area contributed by atoms with Crippen molar-refractivity contribution in [3.8, 4) is 6.07 Å². The number of hydrogen-bond donors (Lipinski definition) is 0. The van der Waals surface area contributed by atoms with Crippen molar-refractivity contribution in [1.82, 2.24) is 0 Å². The second kappa shape index (κ2) is 4.23. The van der Waals surface area contributed by atoms with Crippen LogP contribution < -0.4 is 0 Å². The van der Waals surface area contributed by atoms with Gasteiger partial charge in [-0.05, 0) is 23.9 Å². The summed E-state index contributed by atoms with van der Waals surface area (Å²) in [5.74, 6) is 0. The highest BCUT2D eigenvalue weighted by Gasteiger charge is 2.36. The fourth-order valence-electron chi connectivity index (χ4n) is 1.07. The van der Waals surface area contributed by atoms with Crippen LogP contribution in [-0.4, -0.2) is 17.9 Å². The summed E-state index contributed by atoms with van der Waals surface area (Å²) in [5, 5.41) is 8.40. The zero-order valence-electron chi connectivity index (χ0n) is 7.05. The molecule has 0 aromatic rings. The quantitative estimate of drug-likeness (QED) is 0.399. The third-order valence-corrected chi connectivity index (χ3v) is 2.39. The maximum absolute atomic E-state index is 12.9. The molecule has 2 unspecified atom stereocenters. The molecular weight excluding hydrogens is 237 g/mol. The number of halogens is 5. The summed E-state index contributed by atoms with van der Waals surface area (Å²) >= 11 is -0.795. The van der Waals surface area contributed by atoms with Crippen molar-refractivity contribution >= 4 is 11.8 Å². The lowest BCUT2D eigenvalue weighted by atomic mass is 10.1. The number of allylic oxidation sites excluding steroid dienone is 4. The second-order valence-electron chi connectivity index (χ2n) is 2.63. The predicted molar refractivity (Wildman–Crippen MR) is 45.2 cm³/mol. The Hall–Kier alpha value is -1.03. The van der Waals surface area contributed by atoms with Crippen LogP contribution in [0.4, 0.5) is 22.0 Å². The van der Waals surface area contributed by atoms with Crippen molar-refractivity contribution < 1.29 is 22.0 Å². The van der Waals surface area contributed by atoms with Crippen LogP contribution in [0.15, 0.2) is 22.6 Å². The summed E-state index contributed by atoms with van der Waals surface area (Å²) in [6.07, 6.45) is -2.34. The Labute approximate surface area is 86.3 Å². The van der Waals surface area contributed by atoms with Gasteiger partial charge in [0, 0.05) is 5.57 Å². The van der Waals surface area contributed by atoms with Crippen LogP contribution >= 0.6 is 11.8 Å². The molecule has 2 atom stereocenters. The first-order chi connectivity index (χ1) is 6.85. The van der Waals surface area contributed by atoms with Crippen molar-refractivity contribution in [2.75, 3.05) is 0 Å². The lowest BCUT2D eigenvalue weighted by molar-refractivity contribution is -0.0321. The van der Waals surface area contributed by atoms with Gasteiger partial charge in [0.1, 0.15) is 18.4 Å². The average molecular weight is 241 g/mol. The van der Waals surface area contributed by atoms with Crippen LogP contribution in [0.1, 0.15) is 0 Å². The smallest absolute Gasteiger partial charge is 0.238 e. The van der Waals surface area contributed by atoms with E-state index >= 15 is 0 Å². The van der Waals surface area contributed by atoms with Crippen molar-refractivity contribution in [3.63, 3.8) is 0 Å². The molecule has 0 saturated heterocycles. The number of alkyl halides is 5. The first kappa shape index (κ1) is 12.0. The van der Waals surface area contributed by atoms with E-state index in [1.54, 1.807) is 0 Å². The molecule has 0 heterocycles. The molecule has 0 fully saturated rings. The molecule has 82 valence electrons. The van der Waals surface area contributed by atoms with Gasteiger partial charge in [-0.25, -0.2) is 8.78 Å². The molecule has 0 aliphatic heterocycles. The van der Waals surface area contributed by atoms with Gasteiger partial charge in [-0.2, -0.15) is 18.4 Å². The van der Waals surface area contributed by atoms with Crippen molar-refractivity contribution in [2.45, 2.75) is 17.9 Å². The molecule has 7 heteroatoms. The van der Waals surface area contributed by atoms with E-state index in [4.69, 9.17) is 5.26 Å². The number of rotatable bonds is 1. The van der Waals surface area contributed by atoms with Gasteiger partial charge in [-0.3, -0.25) is 0 Å². The molecular formula is C8H4F5NS. The van der Waals surface area contributed by atoms with Crippen LogP contribution in [0, 0.1) is 11.3 Å². The number of nitriles is 1. The zero-order chi connectivity index (χ0) is 11.6. The lowest BCUT2D eigenvalue weighted by Gasteiger charge is -2.10. The lowest BCUT2D eigenvalue weighted by Crippen LogP contribution is -2.09. The standard InChI is InChI=1S/C8H4F5NS/c9-4-1-2-5(10)7(4)6(3-14)15-8(11,12)13/h1-2,4-5H. The van der Waals surface area contributed by atoms with Crippen LogP contribution in [0.3, 0.4) is 0 Å². The molecule has 0 N–H and O–H groups in total. The average Bonchev–Trinajstić information content (AvgIpc) is 2.41. The summed E-state index contributed by atoms with van der Waals surface area (Å²) in [4.78, 5) is -0.965. The monoisotopic (exact) mass is 241 g/mol. The first-order valence-corrected chi connectivity index (χ1v) is 4.53. The van der Waals surface area contributed by atoms with Crippen LogP contribution in [0.25, 0.3) is 0 Å². The maximum atomic E-state index is 12.9. The van der Waals surface area contributed by atoms with Crippen molar-refractivity contribution in [1.29, 1.82) is 5.26 Å². The van der Waals surface area contributed by atoms with Gasteiger partial charge < -0.3 is 0 Å². The molecule has 0 bridgehead atoms. The molecule has 0 amide bonds. The third kappa shape index (κ3) is 2.96. The van der Waals surface area contributed by atoms with E-state index in [1.165, 1.54) is 0 Å². The van der Waals surface area contributed by atoms with Crippen LogP contribution in [-0.2, 0) is 0 Å². The Kier molecular flexibility index (Phi) is 3.39. The summed E-state index contributed by atoms with van der Waals surface area (Å²) < 4.78 is 61.6. The van der Waals surface area contributed by atoms with Crippen LogP contribution in [0.5, 0.6) is 0 Å². The summed E-state index contributed by atoms with van der Waals surface area (Å²) in [7, 11) is 0. The topological polar surface area (TPSA) is 23.8 Å². The molecule has 1 nitrogen and oxygen atoms in total. The number of thioether (sulfide) groups is 1. The Morgan fingerprint density at radius 3 is 2.07 bits per heavy atom. The molecule has 0 spiro atoms. The van der Waals surface area contributed by atoms with Gasteiger partial charge in [0.15, 0.2) is 0 Å². The van der Waals surface area contributed by atoms with Gasteiger partial charge in [-0.1, -0.05) is 0 Å². The molecule has 1 rings (SSSR count). The zero-order valence-corrected chi connectivity index (χ0v) is 7.87. The fourth-order valence-corrected chi connectivity index (χ4v) is 1.69. The molecule has 15 heavy (non-hydrogen) atoms. The van der Waals surface area contributed by atoms with E-state index in [0.29, 0.717) is 0 Å². The summed E-state index contributed by atoms with van der Waals surface area (Å²) in [6.45, 7) is 0. The Morgan fingerprint density at radius 1 is 1.27 bits per heavy atom. The SMILES string of the molecule is N#CC(SC(F)(F)F)=C1C(F)C=CC1F. The van der Waals surface area contributed by atoms with E-state index in [2.05, 4.69) is 0 Å². The highest BCUT2D eigenvalue weighted by Crippen LogP contribution is 2.40. The van der Waals surface area contributed by atoms with Gasteiger partial charge in [0.05, 0.1) is 4.91 Å². The second-order valence-corrected chi connectivity index (χ2v) is 3.71. The normalized spacial score (nSPS) is 25.5. The molecule has 0 saturated carbocycles. The summed E-state index contributed by atoms with van der Waals surface area (Å²) in [5.41, 5.74) is -5.49. The number of nitrogens with zero attached hydrogens (tertiary/aromatic N) is 1. The molecule has 1 aliphatic carbocycles. The van der Waals surface area contributed by atoms with E-state index < -0.39 is 40.1 Å². The Balaban J connectivity index is 3.00. The highest BCUT2D eigenvalue weighted by atomic mass is 32.2. The van der Waals surface area contributed by atoms with Gasteiger partial charge in [0.25, 0.3) is 0 Å². The fraction of sp³-hybridized carbons (Fsp3) is 0.375. The Morgan fingerprint density at radius 2 is 1.73 bits per heavy atom. The van der Waals surface area contributed by atoms with Crippen molar-refractivity contribution in [3.05, 3.63) is 22.6 Å². The minimum atomic E-state index is -4.72. The van der Waals surface area contributed by atoms with E-state index in [9.17, 15) is 22.0 Å². The van der Waals surface area contributed by atoms with Gasteiger partial charge >= 0.3 is 5.51 Å². The molecule has 1 aliphatic rings.